The molecule has 2 fully saturated rings. The summed E-state index contributed by atoms with van der Waals surface area (Å²) in [6, 6.07) is 14.6. The van der Waals surface area contributed by atoms with Crippen molar-refractivity contribution in [3.05, 3.63) is 59.4 Å². The maximum absolute atomic E-state index is 14.3. The van der Waals surface area contributed by atoms with Gasteiger partial charge in [0, 0.05) is 43.7 Å². The lowest BCUT2D eigenvalue weighted by Crippen LogP contribution is -2.51. The largest absolute Gasteiger partial charge is 0.494 e. The topological polar surface area (TPSA) is 84.3 Å². The van der Waals surface area contributed by atoms with Crippen LogP contribution in [0.4, 0.5) is 14.9 Å². The molecule has 40 heavy (non-hydrogen) atoms. The Morgan fingerprint density at radius 3 is 2.40 bits per heavy atom. The summed E-state index contributed by atoms with van der Waals surface area (Å²) in [4.78, 5) is 16.3. The van der Waals surface area contributed by atoms with Crippen LogP contribution in [0.1, 0.15) is 57.6 Å². The number of piperidine rings is 1. The molecule has 0 aromatic heterocycles. The van der Waals surface area contributed by atoms with Crippen molar-refractivity contribution in [1.82, 2.24) is 4.90 Å². The van der Waals surface area contributed by atoms with Crippen molar-refractivity contribution in [2.45, 2.75) is 64.9 Å². The van der Waals surface area contributed by atoms with E-state index in [1.807, 2.05) is 39.0 Å². The zero-order chi connectivity index (χ0) is 28.8. The van der Waals surface area contributed by atoms with E-state index in [2.05, 4.69) is 11.0 Å². The number of rotatable bonds is 8. The number of halogens is 1. The van der Waals surface area contributed by atoms with Crippen molar-refractivity contribution in [1.29, 1.82) is 5.26 Å². The number of ether oxygens (including phenoxy) is 4. The van der Waals surface area contributed by atoms with E-state index in [1.54, 1.807) is 23.1 Å². The second-order valence-electron chi connectivity index (χ2n) is 11.7. The minimum atomic E-state index is -0.503. The smallest absolute Gasteiger partial charge is 0.410 e. The fourth-order valence-corrected chi connectivity index (χ4v) is 5.10. The molecule has 2 aromatic rings. The van der Waals surface area contributed by atoms with Crippen LogP contribution < -0.4 is 9.64 Å². The normalized spacial score (nSPS) is 17.4. The van der Waals surface area contributed by atoms with Crippen molar-refractivity contribution in [2.24, 2.45) is 5.41 Å². The lowest BCUT2D eigenvalue weighted by Gasteiger charge is -2.45. The number of anilines is 1. The molecule has 216 valence electrons. The molecule has 2 aliphatic rings. The highest BCUT2D eigenvalue weighted by Gasteiger charge is 2.41. The fourth-order valence-electron chi connectivity index (χ4n) is 5.10. The molecule has 0 bridgehead atoms. The van der Waals surface area contributed by atoms with Crippen LogP contribution in [0.2, 0.25) is 0 Å². The predicted molar refractivity (Wildman–Crippen MR) is 150 cm³/mol. The molecular formula is C31H40FN3O5. The third-order valence-corrected chi connectivity index (χ3v) is 7.45. The van der Waals surface area contributed by atoms with Gasteiger partial charge >= 0.3 is 6.09 Å². The summed E-state index contributed by atoms with van der Waals surface area (Å²) < 4.78 is 37.2. The summed E-state index contributed by atoms with van der Waals surface area (Å²) in [5, 5.41) is 9.17. The minimum absolute atomic E-state index is 0.0675. The van der Waals surface area contributed by atoms with Crippen molar-refractivity contribution >= 4 is 11.8 Å². The van der Waals surface area contributed by atoms with Gasteiger partial charge in [0.15, 0.2) is 17.9 Å². The quantitative estimate of drug-likeness (QED) is 0.403. The summed E-state index contributed by atoms with van der Waals surface area (Å²) in [7, 11) is 1.45. The van der Waals surface area contributed by atoms with Gasteiger partial charge in [0.1, 0.15) is 5.60 Å². The molecular weight excluding hydrogens is 513 g/mol. The second-order valence-corrected chi connectivity index (χ2v) is 11.7. The average molecular weight is 554 g/mol. The average Bonchev–Trinajstić information content (AvgIpc) is 2.93. The van der Waals surface area contributed by atoms with Gasteiger partial charge < -0.3 is 28.7 Å². The fraction of sp³-hybridized carbons (Fsp3) is 0.548. The highest BCUT2D eigenvalue weighted by molar-refractivity contribution is 5.68. The molecule has 0 atom stereocenters. The molecule has 4 rings (SSSR count). The SMILES string of the molecule is COc1ccc(CN(CCCC2OCC3(CCN(C(=O)OC(C)(C)C)CC3)CO2)c2ccc(C#N)cc2)cc1F. The highest BCUT2D eigenvalue weighted by Crippen LogP contribution is 2.37. The third kappa shape index (κ3) is 7.86. The number of likely N-dealkylation sites (tertiary alicyclic amines) is 1. The van der Waals surface area contributed by atoms with Gasteiger partial charge in [-0.1, -0.05) is 6.07 Å². The number of methoxy groups -OCH3 is 1. The molecule has 0 radical (unpaired) electrons. The highest BCUT2D eigenvalue weighted by atomic mass is 19.1. The van der Waals surface area contributed by atoms with E-state index in [9.17, 15) is 9.18 Å². The van der Waals surface area contributed by atoms with Crippen LogP contribution in [0, 0.1) is 22.6 Å². The molecule has 2 aliphatic heterocycles. The van der Waals surface area contributed by atoms with Gasteiger partial charge in [0.25, 0.3) is 0 Å². The number of hydrogen-bond acceptors (Lipinski definition) is 7. The Balaban J connectivity index is 1.28. The van der Waals surface area contributed by atoms with Gasteiger partial charge in [-0.05, 0) is 82.0 Å². The van der Waals surface area contributed by atoms with E-state index in [1.165, 1.54) is 13.2 Å². The Kier molecular flexibility index (Phi) is 9.54. The van der Waals surface area contributed by atoms with Crippen molar-refractivity contribution in [3.63, 3.8) is 0 Å². The maximum Gasteiger partial charge on any atom is 0.410 e. The zero-order valence-corrected chi connectivity index (χ0v) is 24.0. The number of nitrogens with zero attached hydrogens (tertiary/aromatic N) is 3. The number of carbonyl (C=O) groups is 1. The standard InChI is InChI=1S/C31H40FN3O5/c1-30(2,3)40-29(36)34-16-13-31(14-17-34)21-38-28(39-22-31)6-5-15-35(25-10-7-23(19-33)8-11-25)20-24-9-12-27(37-4)26(32)18-24/h7-12,18,28H,5-6,13-17,20-22H2,1-4H3. The molecule has 2 heterocycles. The first-order chi connectivity index (χ1) is 19.1. The van der Waals surface area contributed by atoms with E-state index in [0.717, 1.165) is 36.9 Å². The van der Waals surface area contributed by atoms with Gasteiger partial charge in [-0.25, -0.2) is 9.18 Å². The molecule has 1 amide bonds. The molecule has 8 nitrogen and oxygen atoms in total. The zero-order valence-electron chi connectivity index (χ0n) is 24.0. The van der Waals surface area contributed by atoms with E-state index in [-0.39, 0.29) is 23.5 Å². The summed E-state index contributed by atoms with van der Waals surface area (Å²) in [5.74, 6) is -0.178. The van der Waals surface area contributed by atoms with E-state index in [4.69, 9.17) is 24.2 Å². The van der Waals surface area contributed by atoms with Crippen LogP contribution in [0.25, 0.3) is 0 Å². The second kappa shape index (κ2) is 12.9. The van der Waals surface area contributed by atoms with E-state index < -0.39 is 11.4 Å². The Hall–Kier alpha value is -3.35. The lowest BCUT2D eigenvalue weighted by atomic mass is 9.79. The first-order valence-electron chi connectivity index (χ1n) is 13.9. The van der Waals surface area contributed by atoms with E-state index in [0.29, 0.717) is 45.0 Å². The first kappa shape index (κ1) is 29.6. The van der Waals surface area contributed by atoms with Crippen LogP contribution in [0.15, 0.2) is 42.5 Å². The molecule has 0 saturated carbocycles. The Labute approximate surface area is 236 Å². The summed E-state index contributed by atoms with van der Waals surface area (Å²) in [6.07, 6.45) is 2.64. The van der Waals surface area contributed by atoms with Crippen LogP contribution in [-0.4, -0.2) is 62.8 Å². The van der Waals surface area contributed by atoms with Gasteiger partial charge in [-0.3, -0.25) is 0 Å². The molecule has 2 aromatic carbocycles. The van der Waals surface area contributed by atoms with Crippen molar-refractivity contribution in [3.8, 4) is 11.8 Å². The van der Waals surface area contributed by atoms with Crippen molar-refractivity contribution in [2.75, 3.05) is 44.9 Å². The maximum atomic E-state index is 14.3. The molecule has 9 heteroatoms. The minimum Gasteiger partial charge on any atom is -0.494 e. The number of benzene rings is 2. The molecule has 0 N–H and O–H groups in total. The van der Waals surface area contributed by atoms with Gasteiger partial charge in [-0.2, -0.15) is 5.26 Å². The van der Waals surface area contributed by atoms with Crippen LogP contribution in [0.5, 0.6) is 5.75 Å². The number of carbonyl (C=O) groups excluding carboxylic acids is 1. The summed E-state index contributed by atoms with van der Waals surface area (Å²) in [5.41, 5.74) is 1.80. The molecule has 1 spiro atoms. The first-order valence-corrected chi connectivity index (χ1v) is 13.9. The van der Waals surface area contributed by atoms with Crippen LogP contribution in [-0.2, 0) is 20.8 Å². The Morgan fingerprint density at radius 1 is 1.15 bits per heavy atom. The number of hydrogen-bond donors (Lipinski definition) is 0. The van der Waals surface area contributed by atoms with Gasteiger partial charge in [0.05, 0.1) is 32.0 Å². The molecule has 0 unspecified atom stereocenters. The number of amides is 1. The number of nitriles is 1. The molecule has 2 saturated heterocycles. The van der Waals surface area contributed by atoms with Crippen molar-refractivity contribution < 1.29 is 28.1 Å². The summed E-state index contributed by atoms with van der Waals surface area (Å²) >= 11 is 0. The summed E-state index contributed by atoms with van der Waals surface area (Å²) in [6.45, 7) is 9.35. The Bertz CT molecular complexity index is 1170. The molecule has 0 aliphatic carbocycles. The van der Waals surface area contributed by atoms with E-state index >= 15 is 0 Å². The van der Waals surface area contributed by atoms with Gasteiger partial charge in [-0.15, -0.1) is 0 Å². The predicted octanol–water partition coefficient (Wildman–Crippen LogP) is 5.88. The monoisotopic (exact) mass is 553 g/mol. The Morgan fingerprint density at radius 2 is 1.82 bits per heavy atom. The lowest BCUT2D eigenvalue weighted by molar-refractivity contribution is -0.239. The third-order valence-electron chi connectivity index (χ3n) is 7.45. The van der Waals surface area contributed by atoms with Crippen LogP contribution >= 0.6 is 0 Å². The van der Waals surface area contributed by atoms with Crippen LogP contribution in [0.3, 0.4) is 0 Å². The van der Waals surface area contributed by atoms with Gasteiger partial charge in [0.2, 0.25) is 0 Å².